The molecule has 110 valence electrons. The van der Waals surface area contributed by atoms with Crippen molar-refractivity contribution in [1.29, 1.82) is 0 Å². The van der Waals surface area contributed by atoms with E-state index in [0.29, 0.717) is 12.2 Å². The molecule has 0 spiro atoms. The lowest BCUT2D eigenvalue weighted by Gasteiger charge is -2.21. The van der Waals surface area contributed by atoms with Gasteiger partial charge in [0, 0.05) is 12.2 Å². The summed E-state index contributed by atoms with van der Waals surface area (Å²) in [5, 5.41) is 3.83. The molecule has 0 unspecified atom stereocenters. The van der Waals surface area contributed by atoms with Crippen molar-refractivity contribution in [2.75, 3.05) is 12.3 Å². The van der Waals surface area contributed by atoms with Crippen LogP contribution in [0.2, 0.25) is 0 Å². The van der Waals surface area contributed by atoms with Gasteiger partial charge in [-0.1, -0.05) is 12.1 Å². The van der Waals surface area contributed by atoms with Gasteiger partial charge in [-0.2, -0.15) is 11.3 Å². The van der Waals surface area contributed by atoms with Crippen LogP contribution in [0.15, 0.2) is 41.1 Å². The SMILES string of the molecule is NC(=O)CN(Cc1cccc(N)c1)C(=O)Cc1ccsc1. The Morgan fingerprint density at radius 3 is 2.62 bits per heavy atom. The summed E-state index contributed by atoms with van der Waals surface area (Å²) in [6, 6.07) is 9.13. The molecule has 0 saturated heterocycles. The first-order valence-corrected chi connectivity index (χ1v) is 7.40. The number of hydrogen-bond acceptors (Lipinski definition) is 4. The molecule has 1 aromatic heterocycles. The summed E-state index contributed by atoms with van der Waals surface area (Å²) in [6.45, 7) is 0.217. The number of benzene rings is 1. The Labute approximate surface area is 127 Å². The number of thiophene rings is 1. The molecule has 0 fully saturated rings. The fourth-order valence-electron chi connectivity index (χ4n) is 2.01. The maximum Gasteiger partial charge on any atom is 0.237 e. The first-order valence-electron chi connectivity index (χ1n) is 6.46. The minimum absolute atomic E-state index is 0.0994. The number of primary amides is 1. The van der Waals surface area contributed by atoms with Crippen molar-refractivity contribution >= 4 is 28.8 Å². The van der Waals surface area contributed by atoms with Crippen LogP contribution in [-0.2, 0) is 22.6 Å². The van der Waals surface area contributed by atoms with Gasteiger partial charge in [0.05, 0.1) is 13.0 Å². The smallest absolute Gasteiger partial charge is 0.237 e. The average Bonchev–Trinajstić information content (AvgIpc) is 2.90. The molecular weight excluding hydrogens is 286 g/mol. The predicted molar refractivity (Wildman–Crippen MR) is 83.5 cm³/mol. The van der Waals surface area contributed by atoms with Gasteiger partial charge in [-0.25, -0.2) is 0 Å². The lowest BCUT2D eigenvalue weighted by Crippen LogP contribution is -2.38. The molecule has 0 aliphatic heterocycles. The Morgan fingerprint density at radius 2 is 2.00 bits per heavy atom. The number of nitrogens with two attached hydrogens (primary N) is 2. The monoisotopic (exact) mass is 303 g/mol. The number of amides is 2. The third-order valence-electron chi connectivity index (χ3n) is 2.96. The fourth-order valence-corrected chi connectivity index (χ4v) is 2.68. The van der Waals surface area contributed by atoms with Crippen LogP contribution in [0, 0.1) is 0 Å². The van der Waals surface area contributed by atoms with Gasteiger partial charge in [0.15, 0.2) is 0 Å². The quantitative estimate of drug-likeness (QED) is 0.790. The molecule has 21 heavy (non-hydrogen) atoms. The van der Waals surface area contributed by atoms with Gasteiger partial charge in [-0.3, -0.25) is 9.59 Å². The maximum atomic E-state index is 12.3. The Hall–Kier alpha value is -2.34. The van der Waals surface area contributed by atoms with Crippen LogP contribution < -0.4 is 11.5 Å². The second-order valence-corrected chi connectivity index (χ2v) is 5.55. The van der Waals surface area contributed by atoms with Gasteiger partial charge < -0.3 is 16.4 Å². The molecule has 0 radical (unpaired) electrons. The van der Waals surface area contributed by atoms with E-state index in [0.717, 1.165) is 11.1 Å². The highest BCUT2D eigenvalue weighted by molar-refractivity contribution is 7.08. The van der Waals surface area contributed by atoms with Gasteiger partial charge in [0.25, 0.3) is 0 Å². The molecule has 2 amide bonds. The number of carbonyl (C=O) groups is 2. The molecule has 2 rings (SSSR count). The lowest BCUT2D eigenvalue weighted by atomic mass is 10.1. The Morgan fingerprint density at radius 1 is 1.19 bits per heavy atom. The molecule has 1 aromatic carbocycles. The molecule has 0 atom stereocenters. The van der Waals surface area contributed by atoms with Crippen LogP contribution in [0.25, 0.3) is 0 Å². The van der Waals surface area contributed by atoms with Crippen LogP contribution in [0.1, 0.15) is 11.1 Å². The van der Waals surface area contributed by atoms with Gasteiger partial charge in [-0.15, -0.1) is 0 Å². The summed E-state index contributed by atoms with van der Waals surface area (Å²) in [7, 11) is 0. The highest BCUT2D eigenvalue weighted by Crippen LogP contribution is 2.12. The summed E-state index contributed by atoms with van der Waals surface area (Å²) in [5.41, 5.74) is 13.4. The molecule has 4 N–H and O–H groups in total. The Balaban J connectivity index is 2.10. The van der Waals surface area contributed by atoms with Crippen LogP contribution in [0.3, 0.4) is 0 Å². The summed E-state index contributed by atoms with van der Waals surface area (Å²) in [6.07, 6.45) is 0.263. The average molecular weight is 303 g/mol. The molecular formula is C15H17N3O2S. The summed E-state index contributed by atoms with van der Waals surface area (Å²) >= 11 is 1.53. The summed E-state index contributed by atoms with van der Waals surface area (Å²) < 4.78 is 0. The largest absolute Gasteiger partial charge is 0.399 e. The highest BCUT2D eigenvalue weighted by atomic mass is 32.1. The van der Waals surface area contributed by atoms with Crippen molar-refractivity contribution in [1.82, 2.24) is 4.90 Å². The number of hydrogen-bond donors (Lipinski definition) is 2. The van der Waals surface area contributed by atoms with E-state index in [1.165, 1.54) is 16.2 Å². The van der Waals surface area contributed by atoms with E-state index in [1.54, 1.807) is 12.1 Å². The standard InChI is InChI=1S/C15H17N3O2S/c16-13-3-1-2-11(6-13)8-18(9-14(17)19)15(20)7-12-4-5-21-10-12/h1-6,10H,7-9,16H2,(H2,17,19). The fraction of sp³-hybridized carbons (Fsp3) is 0.200. The van der Waals surface area contributed by atoms with Crippen molar-refractivity contribution in [2.45, 2.75) is 13.0 Å². The molecule has 0 aliphatic carbocycles. The van der Waals surface area contributed by atoms with Crippen molar-refractivity contribution in [3.8, 4) is 0 Å². The van der Waals surface area contributed by atoms with Crippen LogP contribution in [-0.4, -0.2) is 23.3 Å². The number of rotatable bonds is 6. The zero-order valence-corrected chi connectivity index (χ0v) is 12.3. The van der Waals surface area contributed by atoms with Crippen molar-refractivity contribution in [2.24, 2.45) is 5.73 Å². The van der Waals surface area contributed by atoms with Crippen molar-refractivity contribution in [3.05, 3.63) is 52.2 Å². The van der Waals surface area contributed by atoms with E-state index in [1.807, 2.05) is 29.0 Å². The summed E-state index contributed by atoms with van der Waals surface area (Å²) in [4.78, 5) is 25.0. The number of nitrogens with zero attached hydrogens (tertiary/aromatic N) is 1. The van der Waals surface area contributed by atoms with E-state index < -0.39 is 5.91 Å². The van der Waals surface area contributed by atoms with Crippen LogP contribution >= 0.6 is 11.3 Å². The van der Waals surface area contributed by atoms with Gasteiger partial charge in [-0.05, 0) is 40.1 Å². The van der Waals surface area contributed by atoms with E-state index in [9.17, 15) is 9.59 Å². The normalized spacial score (nSPS) is 10.3. The zero-order chi connectivity index (χ0) is 15.2. The number of carbonyl (C=O) groups excluding carboxylic acids is 2. The van der Waals surface area contributed by atoms with E-state index in [4.69, 9.17) is 11.5 Å². The lowest BCUT2D eigenvalue weighted by molar-refractivity contribution is -0.135. The Kier molecular flexibility index (Phi) is 4.94. The molecule has 2 aromatic rings. The molecule has 5 nitrogen and oxygen atoms in total. The van der Waals surface area contributed by atoms with Crippen LogP contribution in [0.4, 0.5) is 5.69 Å². The first-order chi connectivity index (χ1) is 10.0. The maximum absolute atomic E-state index is 12.3. The Bertz CT molecular complexity index is 626. The molecule has 0 bridgehead atoms. The third-order valence-corrected chi connectivity index (χ3v) is 3.69. The molecule has 0 aliphatic rings. The predicted octanol–water partition coefficient (Wildman–Crippen LogP) is 1.39. The van der Waals surface area contributed by atoms with Crippen molar-refractivity contribution in [3.63, 3.8) is 0 Å². The van der Waals surface area contributed by atoms with Gasteiger partial charge in [0.1, 0.15) is 0 Å². The van der Waals surface area contributed by atoms with Gasteiger partial charge in [0.2, 0.25) is 11.8 Å². The number of nitrogen functional groups attached to an aromatic ring is 1. The minimum Gasteiger partial charge on any atom is -0.399 e. The molecule has 0 saturated carbocycles. The minimum atomic E-state index is -0.530. The second-order valence-electron chi connectivity index (χ2n) is 4.77. The van der Waals surface area contributed by atoms with E-state index in [-0.39, 0.29) is 18.9 Å². The molecule has 1 heterocycles. The highest BCUT2D eigenvalue weighted by Gasteiger charge is 2.17. The van der Waals surface area contributed by atoms with Gasteiger partial charge >= 0.3 is 0 Å². The molecule has 6 heteroatoms. The zero-order valence-electron chi connectivity index (χ0n) is 11.5. The van der Waals surface area contributed by atoms with Crippen LogP contribution in [0.5, 0.6) is 0 Å². The van der Waals surface area contributed by atoms with E-state index in [2.05, 4.69) is 0 Å². The second kappa shape index (κ2) is 6.90. The topological polar surface area (TPSA) is 89.4 Å². The van der Waals surface area contributed by atoms with Crippen molar-refractivity contribution < 1.29 is 9.59 Å². The first kappa shape index (κ1) is 15.1. The number of anilines is 1. The summed E-state index contributed by atoms with van der Waals surface area (Å²) in [5.74, 6) is -0.660. The van der Waals surface area contributed by atoms with E-state index >= 15 is 0 Å². The third kappa shape index (κ3) is 4.61.